The van der Waals surface area contributed by atoms with Gasteiger partial charge >= 0.3 is 6.18 Å². The molecule has 5 nitrogen and oxygen atoms in total. The van der Waals surface area contributed by atoms with Crippen molar-refractivity contribution in [2.45, 2.75) is 45.5 Å². The molecule has 2 heterocycles. The molecule has 26 heavy (non-hydrogen) atoms. The van der Waals surface area contributed by atoms with Gasteiger partial charge in [0.2, 0.25) is 5.91 Å². The lowest BCUT2D eigenvalue weighted by Gasteiger charge is -2.17. The van der Waals surface area contributed by atoms with Crippen molar-refractivity contribution in [3.8, 4) is 5.69 Å². The Morgan fingerprint density at radius 3 is 2.69 bits per heavy atom. The Labute approximate surface area is 149 Å². The lowest BCUT2D eigenvalue weighted by atomic mass is 10.1. The first kappa shape index (κ1) is 18.4. The fourth-order valence-electron chi connectivity index (χ4n) is 3.09. The van der Waals surface area contributed by atoms with Gasteiger partial charge < -0.3 is 10.1 Å². The Balaban J connectivity index is 1.85. The van der Waals surface area contributed by atoms with Gasteiger partial charge in [0.15, 0.2) is 0 Å². The normalized spacial score (nSPS) is 17.5. The van der Waals surface area contributed by atoms with Gasteiger partial charge in [0, 0.05) is 18.8 Å². The van der Waals surface area contributed by atoms with Crippen LogP contribution in [0.2, 0.25) is 0 Å². The van der Waals surface area contributed by atoms with Crippen LogP contribution in [0, 0.1) is 13.8 Å². The summed E-state index contributed by atoms with van der Waals surface area (Å²) in [4.78, 5) is 12.0. The number of alkyl halides is 3. The molecule has 3 rings (SSSR count). The zero-order valence-electron chi connectivity index (χ0n) is 14.6. The maximum atomic E-state index is 13.5. The van der Waals surface area contributed by atoms with E-state index in [1.807, 2.05) is 0 Å². The summed E-state index contributed by atoms with van der Waals surface area (Å²) in [5.74, 6) is -0.377. The van der Waals surface area contributed by atoms with E-state index in [0.29, 0.717) is 18.7 Å². The summed E-state index contributed by atoms with van der Waals surface area (Å²) in [6, 6.07) is 5.81. The smallest absolute Gasteiger partial charge is 0.368 e. The third-order valence-corrected chi connectivity index (χ3v) is 4.33. The van der Waals surface area contributed by atoms with Crippen molar-refractivity contribution in [3.63, 3.8) is 0 Å². The molecule has 1 N–H and O–H groups in total. The van der Waals surface area contributed by atoms with Crippen LogP contribution in [0.15, 0.2) is 24.3 Å². The molecule has 0 saturated carbocycles. The first-order valence-corrected chi connectivity index (χ1v) is 8.39. The van der Waals surface area contributed by atoms with Gasteiger partial charge in [-0.05, 0) is 50.5 Å². The van der Waals surface area contributed by atoms with Gasteiger partial charge in [-0.2, -0.15) is 18.3 Å². The van der Waals surface area contributed by atoms with E-state index in [2.05, 4.69) is 10.4 Å². The summed E-state index contributed by atoms with van der Waals surface area (Å²) in [6.07, 6.45) is -3.73. The second-order valence-electron chi connectivity index (χ2n) is 6.40. The number of nitrogens with one attached hydrogen (secondary N) is 1. The van der Waals surface area contributed by atoms with Crippen molar-refractivity contribution in [2.75, 3.05) is 6.61 Å². The second kappa shape index (κ2) is 7.11. The molecule has 0 unspecified atom stereocenters. The predicted octanol–water partition coefficient (Wildman–Crippen LogP) is 3.30. The van der Waals surface area contributed by atoms with Crippen LogP contribution in [0.1, 0.15) is 35.4 Å². The number of halogens is 3. The standard InChI is InChI=1S/C18H20F3N3O2/c1-11-8-12(2)24(23-11)14-6-5-13(15(9-14)18(19,20)21)10-22-17(25)16-4-3-7-26-16/h5-6,8-9,16H,3-4,7,10H2,1-2H3,(H,22,25)/t16-/m0/s1. The number of amides is 1. The molecule has 0 aliphatic carbocycles. The summed E-state index contributed by atoms with van der Waals surface area (Å²) >= 11 is 0. The molecule has 1 aliphatic rings. The number of hydrogen-bond acceptors (Lipinski definition) is 3. The number of nitrogens with zero attached hydrogens (tertiary/aromatic N) is 2. The molecule has 0 bridgehead atoms. The van der Waals surface area contributed by atoms with Gasteiger partial charge in [-0.3, -0.25) is 4.79 Å². The van der Waals surface area contributed by atoms with Gasteiger partial charge in [-0.25, -0.2) is 4.68 Å². The van der Waals surface area contributed by atoms with Crippen molar-refractivity contribution in [3.05, 3.63) is 46.8 Å². The van der Waals surface area contributed by atoms with Crippen LogP contribution in [-0.4, -0.2) is 28.4 Å². The van der Waals surface area contributed by atoms with Crippen molar-refractivity contribution >= 4 is 5.91 Å². The highest BCUT2D eigenvalue weighted by Gasteiger charge is 2.34. The van der Waals surface area contributed by atoms with Gasteiger partial charge in [0.1, 0.15) is 6.10 Å². The number of ether oxygens (including phenoxy) is 1. The fourth-order valence-corrected chi connectivity index (χ4v) is 3.09. The molecule has 1 aromatic heterocycles. The molecule has 1 aliphatic heterocycles. The molecule has 8 heteroatoms. The van der Waals surface area contributed by atoms with Crippen molar-refractivity contribution in [1.82, 2.24) is 15.1 Å². The van der Waals surface area contributed by atoms with Crippen LogP contribution in [0.3, 0.4) is 0 Å². The lowest BCUT2D eigenvalue weighted by molar-refractivity contribution is -0.138. The van der Waals surface area contributed by atoms with Crippen molar-refractivity contribution in [2.24, 2.45) is 0 Å². The van der Waals surface area contributed by atoms with E-state index >= 15 is 0 Å². The topological polar surface area (TPSA) is 56.2 Å². The van der Waals surface area contributed by atoms with Gasteiger partial charge in [0.25, 0.3) is 0 Å². The minimum atomic E-state index is -4.53. The Bertz CT molecular complexity index is 808. The quantitative estimate of drug-likeness (QED) is 0.902. The SMILES string of the molecule is Cc1cc(C)n(-c2ccc(CNC(=O)[C@@H]3CCCO3)c(C(F)(F)F)c2)n1. The molecule has 0 radical (unpaired) electrons. The maximum Gasteiger partial charge on any atom is 0.416 e. The molecule has 1 saturated heterocycles. The van der Waals surface area contributed by atoms with Crippen molar-refractivity contribution < 1.29 is 22.7 Å². The van der Waals surface area contributed by atoms with Gasteiger partial charge in [0.05, 0.1) is 16.9 Å². The van der Waals surface area contributed by atoms with E-state index in [1.54, 1.807) is 26.0 Å². The minimum Gasteiger partial charge on any atom is -0.368 e. The second-order valence-corrected chi connectivity index (χ2v) is 6.40. The molecular weight excluding hydrogens is 347 g/mol. The van der Waals surface area contributed by atoms with E-state index in [4.69, 9.17) is 4.74 Å². The van der Waals surface area contributed by atoms with Crippen LogP contribution in [-0.2, 0) is 22.3 Å². The summed E-state index contributed by atoms with van der Waals surface area (Å²) in [7, 11) is 0. The molecule has 1 atom stereocenters. The Morgan fingerprint density at radius 1 is 1.35 bits per heavy atom. The Hall–Kier alpha value is -2.35. The van der Waals surface area contributed by atoms with Gasteiger partial charge in [-0.1, -0.05) is 6.07 Å². The van der Waals surface area contributed by atoms with Crippen LogP contribution < -0.4 is 5.32 Å². The molecule has 1 amide bonds. The number of rotatable bonds is 4. The minimum absolute atomic E-state index is 0.00845. The zero-order valence-corrected chi connectivity index (χ0v) is 14.6. The van der Waals surface area contributed by atoms with Crippen LogP contribution in [0.5, 0.6) is 0 Å². The first-order chi connectivity index (χ1) is 12.3. The number of carbonyl (C=O) groups is 1. The predicted molar refractivity (Wildman–Crippen MR) is 88.9 cm³/mol. The summed E-state index contributed by atoms with van der Waals surface area (Å²) < 4.78 is 47.2. The molecule has 0 spiro atoms. The Kier molecular flexibility index (Phi) is 5.04. The van der Waals surface area contributed by atoms with E-state index in [9.17, 15) is 18.0 Å². The summed E-state index contributed by atoms with van der Waals surface area (Å²) in [5.41, 5.74) is 1.03. The number of hydrogen-bond donors (Lipinski definition) is 1. The van der Waals surface area contributed by atoms with E-state index in [1.165, 1.54) is 10.7 Å². The molecular formula is C18H20F3N3O2. The average Bonchev–Trinajstić information content (AvgIpc) is 3.21. The zero-order chi connectivity index (χ0) is 18.9. The van der Waals surface area contributed by atoms with E-state index in [-0.39, 0.29) is 18.0 Å². The van der Waals surface area contributed by atoms with Crippen LogP contribution >= 0.6 is 0 Å². The third-order valence-electron chi connectivity index (χ3n) is 4.33. The largest absolute Gasteiger partial charge is 0.416 e. The molecule has 2 aromatic rings. The molecule has 1 fully saturated rings. The highest BCUT2D eigenvalue weighted by molar-refractivity contribution is 5.81. The Morgan fingerprint density at radius 2 is 2.12 bits per heavy atom. The van der Waals surface area contributed by atoms with Gasteiger partial charge in [-0.15, -0.1) is 0 Å². The number of aromatic nitrogens is 2. The monoisotopic (exact) mass is 367 g/mol. The van der Waals surface area contributed by atoms with Crippen LogP contribution in [0.4, 0.5) is 13.2 Å². The van der Waals surface area contributed by atoms with E-state index in [0.717, 1.165) is 23.9 Å². The summed E-state index contributed by atoms with van der Waals surface area (Å²) in [6.45, 7) is 3.86. The summed E-state index contributed by atoms with van der Waals surface area (Å²) in [5, 5.41) is 6.76. The highest BCUT2D eigenvalue weighted by atomic mass is 19.4. The van der Waals surface area contributed by atoms with Crippen molar-refractivity contribution in [1.29, 1.82) is 0 Å². The maximum absolute atomic E-state index is 13.5. The first-order valence-electron chi connectivity index (χ1n) is 8.39. The average molecular weight is 367 g/mol. The van der Waals surface area contributed by atoms with Crippen LogP contribution in [0.25, 0.3) is 5.69 Å². The van der Waals surface area contributed by atoms with E-state index < -0.39 is 17.8 Å². The highest BCUT2D eigenvalue weighted by Crippen LogP contribution is 2.33. The third kappa shape index (κ3) is 3.90. The number of carbonyl (C=O) groups excluding carboxylic acids is 1. The number of benzene rings is 1. The molecule has 140 valence electrons. The fraction of sp³-hybridized carbons (Fsp3) is 0.444. The lowest BCUT2D eigenvalue weighted by Crippen LogP contribution is -2.34. The number of aryl methyl sites for hydroxylation is 2. The molecule has 1 aromatic carbocycles.